The Labute approximate surface area is 193 Å². The second-order valence-corrected chi connectivity index (χ2v) is 9.83. The average Bonchev–Trinajstić information content (AvgIpc) is 3.36. The van der Waals surface area contributed by atoms with Gasteiger partial charge >= 0.3 is 0 Å². The van der Waals surface area contributed by atoms with Gasteiger partial charge in [-0.15, -0.1) is 0 Å². The quantitative estimate of drug-likeness (QED) is 0.464. The first kappa shape index (κ1) is 21.8. The third kappa shape index (κ3) is 4.55. The highest BCUT2D eigenvalue weighted by molar-refractivity contribution is 5.92. The maximum atomic E-state index is 10.4. The molecule has 3 aromatic heterocycles. The minimum atomic E-state index is -1.02. The Kier molecular flexibility index (Phi) is 5.32. The molecule has 4 aromatic rings. The summed E-state index contributed by atoms with van der Waals surface area (Å²) in [6, 6.07) is 16.1. The molecule has 0 aliphatic carbocycles. The third-order valence-corrected chi connectivity index (χ3v) is 6.29. The Balaban J connectivity index is 1.43. The molecular formula is C27H29N3O3. The zero-order chi connectivity index (χ0) is 23.2. The Morgan fingerprint density at radius 1 is 1.03 bits per heavy atom. The van der Waals surface area contributed by atoms with Crippen LogP contribution in [0.3, 0.4) is 0 Å². The lowest BCUT2D eigenvalue weighted by molar-refractivity contribution is 0.0678. The zero-order valence-electron chi connectivity index (χ0n) is 19.2. The molecule has 170 valence electrons. The number of β-amino-alcohol motifs (C(OH)–C–C–N with tert-alkyl or cyclic N) is 1. The van der Waals surface area contributed by atoms with E-state index in [0.717, 1.165) is 47.5 Å². The number of fused-ring (bicyclic) bond motifs is 1. The standard InChI is InChI=1S/C27H29N3O3/c1-26(2,31)24-14-20(8-11-29-24)21-9-12-28-22-15-23(33-25(21)22)19-6-4-18(5-7-19)16-30-13-10-27(3,32)17-30/h4-9,11-12,14-15,31-32H,10,13,16-17H2,1-3H3. The summed E-state index contributed by atoms with van der Waals surface area (Å²) in [4.78, 5) is 11.1. The zero-order valence-corrected chi connectivity index (χ0v) is 19.2. The molecule has 4 heterocycles. The molecule has 1 aliphatic heterocycles. The van der Waals surface area contributed by atoms with E-state index in [0.29, 0.717) is 17.8 Å². The number of likely N-dealkylation sites (tertiary alicyclic amines) is 1. The Bertz CT molecular complexity index is 1290. The fourth-order valence-electron chi connectivity index (χ4n) is 4.45. The number of hydrogen-bond acceptors (Lipinski definition) is 6. The molecule has 0 bridgehead atoms. The van der Waals surface area contributed by atoms with Gasteiger partial charge in [-0.1, -0.05) is 24.3 Å². The van der Waals surface area contributed by atoms with Crippen LogP contribution in [0.1, 0.15) is 38.4 Å². The molecule has 1 fully saturated rings. The van der Waals surface area contributed by atoms with Crippen LogP contribution in [0.4, 0.5) is 0 Å². The summed E-state index contributed by atoms with van der Waals surface area (Å²) < 4.78 is 6.28. The molecule has 6 nitrogen and oxygen atoms in total. The average molecular weight is 444 g/mol. The summed E-state index contributed by atoms with van der Waals surface area (Å²) in [7, 11) is 0. The van der Waals surface area contributed by atoms with Crippen LogP contribution >= 0.6 is 0 Å². The van der Waals surface area contributed by atoms with E-state index in [1.807, 2.05) is 31.2 Å². The predicted molar refractivity (Wildman–Crippen MR) is 128 cm³/mol. The first-order chi connectivity index (χ1) is 15.7. The number of furan rings is 1. The van der Waals surface area contributed by atoms with Crippen molar-refractivity contribution < 1.29 is 14.6 Å². The van der Waals surface area contributed by atoms with Gasteiger partial charge in [0.2, 0.25) is 0 Å². The van der Waals surface area contributed by atoms with Crippen LogP contribution in [0.25, 0.3) is 33.6 Å². The molecule has 6 heteroatoms. The predicted octanol–water partition coefficient (Wildman–Crippen LogP) is 4.74. The number of aliphatic hydroxyl groups is 2. The van der Waals surface area contributed by atoms with Crippen molar-refractivity contribution in [3.05, 3.63) is 72.2 Å². The molecule has 1 aliphatic rings. The van der Waals surface area contributed by atoms with E-state index in [4.69, 9.17) is 4.42 Å². The number of aromatic nitrogens is 2. The second-order valence-electron chi connectivity index (χ2n) is 9.83. The fourth-order valence-corrected chi connectivity index (χ4v) is 4.45. The summed E-state index contributed by atoms with van der Waals surface area (Å²) in [5, 5.41) is 20.5. The van der Waals surface area contributed by atoms with Gasteiger partial charge in [0.1, 0.15) is 16.9 Å². The van der Waals surface area contributed by atoms with E-state index < -0.39 is 11.2 Å². The second kappa shape index (κ2) is 8.06. The van der Waals surface area contributed by atoms with E-state index in [1.165, 1.54) is 5.56 Å². The number of rotatable bonds is 5. The van der Waals surface area contributed by atoms with Crippen LogP contribution in [0.15, 0.2) is 65.3 Å². The summed E-state index contributed by atoms with van der Waals surface area (Å²) >= 11 is 0. The first-order valence-corrected chi connectivity index (χ1v) is 11.3. The molecule has 0 radical (unpaired) electrons. The van der Waals surface area contributed by atoms with E-state index in [1.54, 1.807) is 26.2 Å². The molecule has 2 N–H and O–H groups in total. The van der Waals surface area contributed by atoms with Gasteiger partial charge in [0.15, 0.2) is 5.58 Å². The van der Waals surface area contributed by atoms with Crippen molar-refractivity contribution in [3.8, 4) is 22.5 Å². The van der Waals surface area contributed by atoms with Crippen LogP contribution in [0.2, 0.25) is 0 Å². The van der Waals surface area contributed by atoms with Gasteiger partial charge in [0, 0.05) is 49.2 Å². The molecule has 33 heavy (non-hydrogen) atoms. The lowest BCUT2D eigenvalue weighted by Crippen LogP contribution is -2.29. The molecule has 0 spiro atoms. The minimum Gasteiger partial charge on any atom is -0.454 e. The summed E-state index contributed by atoms with van der Waals surface area (Å²) in [6.07, 6.45) is 4.29. The Hall–Kier alpha value is -3.06. The van der Waals surface area contributed by atoms with Gasteiger partial charge in [-0.05, 0) is 56.5 Å². The van der Waals surface area contributed by atoms with Crippen LogP contribution in [-0.2, 0) is 12.1 Å². The third-order valence-electron chi connectivity index (χ3n) is 6.29. The van der Waals surface area contributed by atoms with Crippen LogP contribution in [-0.4, -0.2) is 43.8 Å². The highest BCUT2D eigenvalue weighted by Crippen LogP contribution is 2.34. The van der Waals surface area contributed by atoms with Crippen molar-refractivity contribution in [2.45, 2.75) is 44.9 Å². The monoisotopic (exact) mass is 443 g/mol. The fraction of sp³-hybridized carbons (Fsp3) is 0.333. The molecule has 1 aromatic carbocycles. The molecule has 1 atom stereocenters. The molecular weight excluding hydrogens is 414 g/mol. The summed E-state index contributed by atoms with van der Waals surface area (Å²) in [5.41, 5.74) is 4.53. The van der Waals surface area contributed by atoms with Gasteiger partial charge in [0.05, 0.1) is 11.3 Å². The van der Waals surface area contributed by atoms with E-state index in [9.17, 15) is 10.2 Å². The van der Waals surface area contributed by atoms with Crippen LogP contribution in [0.5, 0.6) is 0 Å². The number of hydrogen-bond donors (Lipinski definition) is 2. The molecule has 0 saturated carbocycles. The van der Waals surface area contributed by atoms with Gasteiger partial charge in [-0.2, -0.15) is 0 Å². The van der Waals surface area contributed by atoms with E-state index >= 15 is 0 Å². The lowest BCUT2D eigenvalue weighted by Gasteiger charge is -2.18. The van der Waals surface area contributed by atoms with E-state index in [-0.39, 0.29) is 0 Å². The number of nitrogens with zero attached hydrogens (tertiary/aromatic N) is 3. The van der Waals surface area contributed by atoms with Crippen molar-refractivity contribution >= 4 is 11.1 Å². The maximum absolute atomic E-state index is 10.4. The smallest absolute Gasteiger partial charge is 0.161 e. The van der Waals surface area contributed by atoms with Crippen molar-refractivity contribution in [3.63, 3.8) is 0 Å². The van der Waals surface area contributed by atoms with Crippen LogP contribution in [0, 0.1) is 0 Å². The highest BCUT2D eigenvalue weighted by atomic mass is 16.3. The SMILES string of the molecule is CC1(O)CCN(Cc2ccc(-c3cc4nccc(-c5ccnc(C(C)(C)O)c5)c4o3)cc2)C1. The molecule has 1 saturated heterocycles. The highest BCUT2D eigenvalue weighted by Gasteiger charge is 2.31. The van der Waals surface area contributed by atoms with Crippen molar-refractivity contribution in [2.75, 3.05) is 13.1 Å². The first-order valence-electron chi connectivity index (χ1n) is 11.3. The van der Waals surface area contributed by atoms with Crippen molar-refractivity contribution in [1.29, 1.82) is 0 Å². The van der Waals surface area contributed by atoms with Gasteiger partial charge in [-0.3, -0.25) is 14.9 Å². The Morgan fingerprint density at radius 2 is 1.79 bits per heavy atom. The van der Waals surface area contributed by atoms with Gasteiger partial charge < -0.3 is 14.6 Å². The van der Waals surface area contributed by atoms with E-state index in [2.05, 4.69) is 39.1 Å². The molecule has 5 rings (SSSR count). The molecule has 1 unspecified atom stereocenters. The lowest BCUT2D eigenvalue weighted by atomic mass is 10.00. The topological polar surface area (TPSA) is 82.6 Å². The molecule has 0 amide bonds. The normalized spacial score (nSPS) is 19.4. The largest absolute Gasteiger partial charge is 0.454 e. The van der Waals surface area contributed by atoms with Gasteiger partial charge in [-0.25, -0.2) is 0 Å². The minimum absolute atomic E-state index is 0.582. The van der Waals surface area contributed by atoms with Crippen LogP contribution < -0.4 is 0 Å². The Morgan fingerprint density at radius 3 is 2.48 bits per heavy atom. The summed E-state index contributed by atoms with van der Waals surface area (Å²) in [6.45, 7) is 7.79. The maximum Gasteiger partial charge on any atom is 0.161 e. The number of pyridine rings is 2. The summed E-state index contributed by atoms with van der Waals surface area (Å²) in [5.74, 6) is 0.761. The number of benzene rings is 1. The van der Waals surface area contributed by atoms with Crippen molar-refractivity contribution in [1.82, 2.24) is 14.9 Å². The van der Waals surface area contributed by atoms with Gasteiger partial charge in [0.25, 0.3) is 0 Å². The van der Waals surface area contributed by atoms with Crippen molar-refractivity contribution in [2.24, 2.45) is 0 Å².